The van der Waals surface area contributed by atoms with E-state index in [1.165, 1.54) is 26.2 Å². The van der Waals surface area contributed by atoms with E-state index in [0.717, 1.165) is 0 Å². The molecule has 7 heteroatoms. The molecule has 0 aliphatic carbocycles. The Morgan fingerprint density at radius 3 is 2.48 bits per heavy atom. The van der Waals surface area contributed by atoms with Crippen molar-refractivity contribution in [1.82, 2.24) is 15.6 Å². The minimum atomic E-state index is -0.776. The molecule has 0 fully saturated rings. The zero-order valence-corrected chi connectivity index (χ0v) is 12.9. The summed E-state index contributed by atoms with van der Waals surface area (Å²) in [6.07, 6.45) is 1.32. The van der Waals surface area contributed by atoms with Crippen LogP contribution in [-0.4, -0.2) is 35.4 Å². The van der Waals surface area contributed by atoms with E-state index in [0.29, 0.717) is 0 Å². The summed E-state index contributed by atoms with van der Waals surface area (Å²) in [7, 11) is 1.51. The summed E-state index contributed by atoms with van der Waals surface area (Å²) >= 11 is 0. The third kappa shape index (κ3) is 4.70. The van der Waals surface area contributed by atoms with Crippen LogP contribution in [0.4, 0.5) is 10.2 Å². The van der Waals surface area contributed by atoms with Crippen molar-refractivity contribution in [2.24, 2.45) is 0 Å². The van der Waals surface area contributed by atoms with E-state index in [9.17, 15) is 14.0 Å². The molecule has 0 aliphatic rings. The summed E-state index contributed by atoms with van der Waals surface area (Å²) in [6.45, 7) is 7.04. The van der Waals surface area contributed by atoms with Crippen molar-refractivity contribution in [3.63, 3.8) is 0 Å². The smallest absolute Gasteiger partial charge is 0.255 e. The first-order valence-electron chi connectivity index (χ1n) is 6.61. The van der Waals surface area contributed by atoms with Gasteiger partial charge in [0.25, 0.3) is 5.91 Å². The summed E-state index contributed by atoms with van der Waals surface area (Å²) < 4.78 is 14.0. The molecule has 0 bridgehead atoms. The van der Waals surface area contributed by atoms with Crippen LogP contribution in [0.25, 0.3) is 0 Å². The number of hydrogen-bond acceptors (Lipinski definition) is 4. The van der Waals surface area contributed by atoms with Crippen LogP contribution in [0.5, 0.6) is 0 Å². The third-order valence-electron chi connectivity index (χ3n) is 2.61. The second kappa shape index (κ2) is 6.51. The van der Waals surface area contributed by atoms with Gasteiger partial charge in [0.05, 0.1) is 5.56 Å². The van der Waals surface area contributed by atoms with Crippen molar-refractivity contribution < 1.29 is 14.0 Å². The number of carbonyl (C=O) groups is 2. The maximum absolute atomic E-state index is 14.0. The second-order valence-corrected chi connectivity index (χ2v) is 5.71. The molecular weight excluding hydrogens is 275 g/mol. The first-order chi connectivity index (χ1) is 9.65. The summed E-state index contributed by atoms with van der Waals surface area (Å²) in [5, 5.41) is 7.76. The maximum atomic E-state index is 14.0. The molecule has 0 radical (unpaired) electrons. The minimum Gasteiger partial charge on any atom is -0.371 e. The summed E-state index contributed by atoms with van der Waals surface area (Å²) in [6, 6.07) is 0.488. The Morgan fingerprint density at radius 2 is 1.95 bits per heavy atom. The van der Waals surface area contributed by atoms with Gasteiger partial charge in [0.2, 0.25) is 5.91 Å². The lowest BCUT2D eigenvalue weighted by molar-refractivity contribution is -0.124. The predicted octanol–water partition coefficient (Wildman–Crippen LogP) is 1.30. The average Bonchev–Trinajstić information content (AvgIpc) is 2.36. The van der Waals surface area contributed by atoms with Gasteiger partial charge in [-0.2, -0.15) is 0 Å². The van der Waals surface area contributed by atoms with Crippen LogP contribution < -0.4 is 16.0 Å². The first-order valence-corrected chi connectivity index (χ1v) is 6.61. The van der Waals surface area contributed by atoms with Crippen LogP contribution in [0.2, 0.25) is 0 Å². The number of aromatic nitrogens is 1. The molecule has 2 amide bonds. The number of nitrogens with one attached hydrogen (secondary N) is 3. The minimum absolute atomic E-state index is 0.0190. The molecule has 1 unspecified atom stereocenters. The Balaban J connectivity index is 2.80. The summed E-state index contributed by atoms with van der Waals surface area (Å²) in [5.41, 5.74) is -0.568. The predicted molar refractivity (Wildman–Crippen MR) is 78.6 cm³/mol. The maximum Gasteiger partial charge on any atom is 0.255 e. The molecule has 0 aliphatic heterocycles. The highest BCUT2D eigenvalue weighted by Gasteiger charge is 2.23. The van der Waals surface area contributed by atoms with Gasteiger partial charge in [-0.1, -0.05) is 0 Å². The van der Waals surface area contributed by atoms with Gasteiger partial charge in [0.1, 0.15) is 6.04 Å². The molecule has 1 atom stereocenters. The monoisotopic (exact) mass is 296 g/mol. The van der Waals surface area contributed by atoms with E-state index in [-0.39, 0.29) is 17.3 Å². The number of nitrogens with zero attached hydrogens (tertiary/aromatic N) is 1. The quantitative estimate of drug-likeness (QED) is 0.782. The second-order valence-electron chi connectivity index (χ2n) is 5.71. The molecular formula is C14H21FN4O2. The molecule has 0 aromatic carbocycles. The molecule has 1 rings (SSSR count). The number of amides is 2. The zero-order chi connectivity index (χ0) is 16.2. The fraction of sp³-hybridized carbons (Fsp3) is 0.500. The molecule has 3 N–H and O–H groups in total. The third-order valence-corrected chi connectivity index (χ3v) is 2.61. The highest BCUT2D eigenvalue weighted by Crippen LogP contribution is 2.14. The van der Waals surface area contributed by atoms with Crippen molar-refractivity contribution in [2.45, 2.75) is 39.3 Å². The van der Waals surface area contributed by atoms with E-state index < -0.39 is 23.3 Å². The van der Waals surface area contributed by atoms with Crippen molar-refractivity contribution in [3.8, 4) is 0 Å². The number of rotatable bonds is 4. The highest BCUT2D eigenvalue weighted by atomic mass is 19.1. The molecule has 0 saturated carbocycles. The van der Waals surface area contributed by atoms with Crippen LogP contribution >= 0.6 is 0 Å². The lowest BCUT2D eigenvalue weighted by Gasteiger charge is -2.23. The first kappa shape index (κ1) is 16.9. The topological polar surface area (TPSA) is 83.1 Å². The van der Waals surface area contributed by atoms with Gasteiger partial charge in [-0.3, -0.25) is 9.59 Å². The average molecular weight is 296 g/mol. The summed E-state index contributed by atoms with van der Waals surface area (Å²) in [5.74, 6) is -1.77. The van der Waals surface area contributed by atoms with E-state index in [1.54, 1.807) is 0 Å². The van der Waals surface area contributed by atoms with Gasteiger partial charge in [-0.25, -0.2) is 9.37 Å². The Labute approximate surface area is 123 Å². The van der Waals surface area contributed by atoms with E-state index in [1.807, 2.05) is 20.8 Å². The van der Waals surface area contributed by atoms with Crippen molar-refractivity contribution >= 4 is 17.6 Å². The fourth-order valence-electron chi connectivity index (χ4n) is 1.61. The molecule has 1 aromatic rings. The number of pyridine rings is 1. The molecule has 1 aromatic heterocycles. The lowest BCUT2D eigenvalue weighted by Crippen LogP contribution is -2.50. The van der Waals surface area contributed by atoms with Gasteiger partial charge in [-0.15, -0.1) is 0 Å². The summed E-state index contributed by atoms with van der Waals surface area (Å²) in [4.78, 5) is 27.7. The molecule has 21 heavy (non-hydrogen) atoms. The number of halogens is 1. The van der Waals surface area contributed by atoms with Crippen molar-refractivity contribution in [2.75, 3.05) is 12.4 Å². The highest BCUT2D eigenvalue weighted by molar-refractivity contribution is 5.98. The lowest BCUT2D eigenvalue weighted by atomic mass is 10.1. The molecule has 1 heterocycles. The number of hydrogen-bond donors (Lipinski definition) is 3. The normalized spacial score (nSPS) is 12.5. The Morgan fingerprint density at radius 1 is 1.33 bits per heavy atom. The van der Waals surface area contributed by atoms with Gasteiger partial charge in [0.15, 0.2) is 11.6 Å². The van der Waals surface area contributed by atoms with E-state index >= 15 is 0 Å². The van der Waals surface area contributed by atoms with E-state index in [2.05, 4.69) is 20.9 Å². The SMILES string of the molecule is CNc1nccc(C(=O)NC(C)C(=O)NC(C)(C)C)c1F. The molecule has 6 nitrogen and oxygen atoms in total. The largest absolute Gasteiger partial charge is 0.371 e. The fourth-order valence-corrected chi connectivity index (χ4v) is 1.61. The van der Waals surface area contributed by atoms with Crippen molar-refractivity contribution in [1.29, 1.82) is 0 Å². The Bertz CT molecular complexity index is 540. The van der Waals surface area contributed by atoms with Crippen LogP contribution in [0.3, 0.4) is 0 Å². The Kier molecular flexibility index (Phi) is 5.23. The van der Waals surface area contributed by atoms with Gasteiger partial charge in [-0.05, 0) is 33.8 Å². The zero-order valence-electron chi connectivity index (χ0n) is 12.9. The number of anilines is 1. The van der Waals surface area contributed by atoms with Crippen LogP contribution in [-0.2, 0) is 4.79 Å². The van der Waals surface area contributed by atoms with Crippen LogP contribution in [0.15, 0.2) is 12.3 Å². The van der Waals surface area contributed by atoms with Crippen LogP contribution in [0.1, 0.15) is 38.1 Å². The van der Waals surface area contributed by atoms with Crippen molar-refractivity contribution in [3.05, 3.63) is 23.6 Å². The van der Waals surface area contributed by atoms with Crippen LogP contribution in [0, 0.1) is 5.82 Å². The molecule has 116 valence electrons. The van der Waals surface area contributed by atoms with Gasteiger partial charge in [0, 0.05) is 18.8 Å². The van der Waals surface area contributed by atoms with E-state index in [4.69, 9.17) is 0 Å². The Hall–Kier alpha value is -2.18. The standard InChI is InChI=1S/C14H21FN4O2/c1-8(12(20)19-14(2,3)4)18-13(21)9-6-7-17-11(16-5)10(9)15/h6-8H,1-5H3,(H,16,17)(H,18,21)(H,19,20). The molecule has 0 saturated heterocycles. The number of carbonyl (C=O) groups excluding carboxylic acids is 2. The molecule has 0 spiro atoms. The van der Waals surface area contributed by atoms with Gasteiger partial charge >= 0.3 is 0 Å². The van der Waals surface area contributed by atoms with Gasteiger partial charge < -0.3 is 16.0 Å².